The normalized spacial score (nSPS) is 23.4. The van der Waals surface area contributed by atoms with E-state index in [2.05, 4.69) is 121 Å². The van der Waals surface area contributed by atoms with Gasteiger partial charge in [0.25, 0.3) is 0 Å². The maximum absolute atomic E-state index is 2.43. The molecule has 3 rings (SSSR count). The summed E-state index contributed by atoms with van der Waals surface area (Å²) in [6, 6.07) is 11.0. The summed E-state index contributed by atoms with van der Waals surface area (Å²) in [5.74, 6) is 0. The lowest BCUT2D eigenvalue weighted by atomic mass is 10.0. The zero-order valence-corrected chi connectivity index (χ0v) is 20.2. The van der Waals surface area contributed by atoms with Gasteiger partial charge < -0.3 is 0 Å². The van der Waals surface area contributed by atoms with Crippen LogP contribution >= 0.6 is 15.8 Å². The van der Waals surface area contributed by atoms with Gasteiger partial charge in [-0.15, -0.1) is 0 Å². The summed E-state index contributed by atoms with van der Waals surface area (Å²) in [6.45, 7) is 16.9. The van der Waals surface area contributed by atoms with E-state index in [0.717, 1.165) is 0 Å². The predicted octanol–water partition coefficient (Wildman–Crippen LogP) is 7.75. The zero-order chi connectivity index (χ0) is 20.5. The third-order valence-electron chi connectivity index (χ3n) is 5.27. The van der Waals surface area contributed by atoms with E-state index < -0.39 is 0 Å². The summed E-state index contributed by atoms with van der Waals surface area (Å²) in [4.78, 5) is 0. The molecule has 0 heterocycles. The quantitative estimate of drug-likeness (QED) is 0.449. The van der Waals surface area contributed by atoms with Crippen LogP contribution in [0.2, 0.25) is 0 Å². The minimum atomic E-state index is -0.311. The number of allylic oxidation sites excluding steroid dienone is 10. The van der Waals surface area contributed by atoms with E-state index in [1.807, 2.05) is 0 Å². The predicted molar refractivity (Wildman–Crippen MR) is 132 cm³/mol. The summed E-state index contributed by atoms with van der Waals surface area (Å²) in [7, 11) is -0.604. The smallest absolute Gasteiger partial charge is 0.0268 e. The van der Waals surface area contributed by atoms with Crippen LogP contribution in [-0.2, 0) is 0 Å². The average Bonchev–Trinajstić information content (AvgIpc) is 3.08. The van der Waals surface area contributed by atoms with Gasteiger partial charge in [0.05, 0.1) is 0 Å². The van der Waals surface area contributed by atoms with Crippen molar-refractivity contribution in [1.82, 2.24) is 0 Å². The van der Waals surface area contributed by atoms with Gasteiger partial charge in [0, 0.05) is 5.66 Å². The highest BCUT2D eigenvalue weighted by molar-refractivity contribution is 7.66. The highest BCUT2D eigenvalue weighted by atomic mass is 31.1. The van der Waals surface area contributed by atoms with E-state index in [9.17, 15) is 0 Å². The maximum Gasteiger partial charge on any atom is 0.0268 e. The molecule has 0 radical (unpaired) electrons. The molecule has 1 aromatic rings. The standard InChI is InChI=1S/C26H34P2/c1-25(2,3)28(26(4,5)6)24-19-13-17-22(24)21-16-11-12-18-23(21)27(7)20-14-9-8-10-15-20/h8-19,23H,1-7H3. The van der Waals surface area contributed by atoms with Crippen LogP contribution in [0.3, 0.4) is 0 Å². The van der Waals surface area contributed by atoms with E-state index >= 15 is 0 Å². The van der Waals surface area contributed by atoms with E-state index in [-0.39, 0.29) is 26.2 Å². The maximum atomic E-state index is 2.43. The van der Waals surface area contributed by atoms with Crippen LogP contribution in [-0.4, -0.2) is 22.6 Å². The van der Waals surface area contributed by atoms with Gasteiger partial charge in [-0.1, -0.05) is 130 Å². The van der Waals surface area contributed by atoms with E-state index in [0.29, 0.717) is 5.66 Å². The highest BCUT2D eigenvalue weighted by Crippen LogP contribution is 2.67. The molecule has 0 aromatic heterocycles. The summed E-state index contributed by atoms with van der Waals surface area (Å²) in [5, 5.41) is 3.60. The minimum Gasteiger partial charge on any atom is -0.0724 e. The van der Waals surface area contributed by atoms with Gasteiger partial charge >= 0.3 is 0 Å². The topological polar surface area (TPSA) is 0 Å². The first-order chi connectivity index (χ1) is 13.1. The SMILES string of the molecule is CP(c1ccccc1)C1C=CC=CC1=C1C=CC=C1P(C(C)(C)C)C(C)(C)C. The third-order valence-corrected chi connectivity index (χ3v) is 11.2. The van der Waals surface area contributed by atoms with Crippen LogP contribution in [0.25, 0.3) is 0 Å². The van der Waals surface area contributed by atoms with Gasteiger partial charge in [0.2, 0.25) is 0 Å². The van der Waals surface area contributed by atoms with E-state index in [1.54, 1.807) is 5.31 Å². The van der Waals surface area contributed by atoms with E-state index in [1.165, 1.54) is 16.5 Å². The molecule has 0 aliphatic heterocycles. The molecule has 0 fully saturated rings. The van der Waals surface area contributed by atoms with Crippen LogP contribution in [0.5, 0.6) is 0 Å². The monoisotopic (exact) mass is 408 g/mol. The lowest BCUT2D eigenvalue weighted by molar-refractivity contribution is 0.712. The summed E-state index contributed by atoms with van der Waals surface area (Å²) < 4.78 is 0. The van der Waals surface area contributed by atoms with Crippen molar-refractivity contribution in [3.63, 3.8) is 0 Å². The fourth-order valence-electron chi connectivity index (χ4n) is 4.52. The first kappa shape index (κ1) is 21.5. The largest absolute Gasteiger partial charge is 0.0724 e. The molecule has 148 valence electrons. The van der Waals surface area contributed by atoms with Crippen LogP contribution < -0.4 is 5.30 Å². The number of benzene rings is 1. The Balaban J connectivity index is 2.07. The van der Waals surface area contributed by atoms with Gasteiger partial charge in [-0.2, -0.15) is 0 Å². The Kier molecular flexibility index (Phi) is 6.34. The molecule has 0 saturated heterocycles. The van der Waals surface area contributed by atoms with Gasteiger partial charge in [-0.25, -0.2) is 0 Å². The van der Waals surface area contributed by atoms with Crippen molar-refractivity contribution in [2.75, 3.05) is 6.66 Å². The van der Waals surface area contributed by atoms with Crippen molar-refractivity contribution in [2.24, 2.45) is 0 Å². The van der Waals surface area contributed by atoms with Crippen LogP contribution in [0.4, 0.5) is 0 Å². The summed E-state index contributed by atoms with van der Waals surface area (Å²) >= 11 is 0. The molecule has 2 aliphatic rings. The molecule has 0 bridgehead atoms. The van der Waals surface area contributed by atoms with Crippen LogP contribution in [0.15, 0.2) is 89.3 Å². The van der Waals surface area contributed by atoms with Crippen molar-refractivity contribution in [2.45, 2.75) is 57.5 Å². The molecule has 1 aromatic carbocycles. The zero-order valence-electron chi connectivity index (χ0n) is 18.4. The van der Waals surface area contributed by atoms with E-state index in [4.69, 9.17) is 0 Å². The molecule has 0 amide bonds. The minimum absolute atomic E-state index is 0.275. The second kappa shape index (κ2) is 8.26. The number of hydrogen-bond acceptors (Lipinski definition) is 0. The average molecular weight is 409 g/mol. The second-order valence-electron chi connectivity index (χ2n) is 9.59. The van der Waals surface area contributed by atoms with Crippen molar-refractivity contribution in [3.05, 3.63) is 89.3 Å². The second-order valence-corrected chi connectivity index (χ2v) is 15.7. The Bertz CT molecular complexity index is 838. The molecule has 0 nitrogen and oxygen atoms in total. The fourth-order valence-corrected chi connectivity index (χ4v) is 10.6. The lowest BCUT2D eigenvalue weighted by Crippen LogP contribution is -2.26. The van der Waals surface area contributed by atoms with Gasteiger partial charge in [0.1, 0.15) is 0 Å². The Hall–Kier alpha value is -1.22. The third kappa shape index (κ3) is 4.50. The summed E-state index contributed by atoms with van der Waals surface area (Å²) in [5.41, 5.74) is 3.45. The molecular weight excluding hydrogens is 374 g/mol. The molecule has 0 saturated carbocycles. The van der Waals surface area contributed by atoms with Crippen molar-refractivity contribution in [1.29, 1.82) is 0 Å². The Morgan fingerprint density at radius 3 is 2.04 bits per heavy atom. The molecule has 2 unspecified atom stereocenters. The van der Waals surface area contributed by atoms with Crippen LogP contribution in [0.1, 0.15) is 41.5 Å². The first-order valence-electron chi connectivity index (χ1n) is 10.2. The first-order valence-corrected chi connectivity index (χ1v) is 13.4. The lowest BCUT2D eigenvalue weighted by Gasteiger charge is -2.43. The molecule has 2 aliphatic carbocycles. The Morgan fingerprint density at radius 1 is 0.786 bits per heavy atom. The molecular formula is C26H34P2. The van der Waals surface area contributed by atoms with Crippen molar-refractivity contribution < 1.29 is 0 Å². The Labute approximate surface area is 174 Å². The van der Waals surface area contributed by atoms with Crippen LogP contribution in [0, 0.1) is 0 Å². The molecule has 28 heavy (non-hydrogen) atoms. The van der Waals surface area contributed by atoms with Crippen molar-refractivity contribution >= 4 is 21.1 Å². The molecule has 0 N–H and O–H groups in total. The fraction of sp³-hybridized carbons (Fsp3) is 0.385. The molecule has 0 spiro atoms. The van der Waals surface area contributed by atoms with Gasteiger partial charge in [-0.05, 0) is 38.7 Å². The van der Waals surface area contributed by atoms with Gasteiger partial charge in [0.15, 0.2) is 0 Å². The van der Waals surface area contributed by atoms with Gasteiger partial charge in [-0.3, -0.25) is 0 Å². The number of hydrogen-bond donors (Lipinski definition) is 0. The Morgan fingerprint density at radius 2 is 1.43 bits per heavy atom. The molecule has 2 heteroatoms. The molecule has 2 atom stereocenters. The highest BCUT2D eigenvalue weighted by Gasteiger charge is 2.39. The number of rotatable bonds is 3. The van der Waals surface area contributed by atoms with Crippen molar-refractivity contribution in [3.8, 4) is 0 Å². The summed E-state index contributed by atoms with van der Waals surface area (Å²) in [6.07, 6.45) is 16.3.